The predicted octanol–water partition coefficient (Wildman–Crippen LogP) is 5.07. The Morgan fingerprint density at radius 1 is 1.28 bits per heavy atom. The van der Waals surface area contributed by atoms with Crippen molar-refractivity contribution in [3.63, 3.8) is 0 Å². The summed E-state index contributed by atoms with van der Waals surface area (Å²) in [5.74, 6) is 0. The molecule has 0 spiro atoms. The highest BCUT2D eigenvalue weighted by Crippen LogP contribution is 2.34. The topological polar surface area (TPSA) is 12.9 Å². The number of alkyl halides is 2. The van der Waals surface area contributed by atoms with Crippen LogP contribution in [0.5, 0.6) is 0 Å². The van der Waals surface area contributed by atoms with Gasteiger partial charge < -0.3 is 0 Å². The van der Waals surface area contributed by atoms with Crippen LogP contribution in [0.1, 0.15) is 11.3 Å². The third-order valence-electron chi connectivity index (χ3n) is 2.95. The summed E-state index contributed by atoms with van der Waals surface area (Å²) in [5, 5.41) is 4.61. The highest BCUT2D eigenvalue weighted by Gasteiger charge is 2.31. The fourth-order valence-electron chi connectivity index (χ4n) is 1.88. The lowest BCUT2D eigenvalue weighted by Gasteiger charge is -2.30. The maximum atomic E-state index is 6.10. The van der Waals surface area contributed by atoms with E-state index in [4.69, 9.17) is 11.6 Å². The molecule has 1 heterocycles. The second-order valence-electron chi connectivity index (χ2n) is 4.21. The Morgan fingerprint density at radius 2 is 2.06 bits per heavy atom. The van der Waals surface area contributed by atoms with Crippen LogP contribution in [-0.2, 0) is 11.8 Å². The first-order chi connectivity index (χ1) is 8.70. The first-order valence-corrected chi connectivity index (χ1v) is 9.01. The Morgan fingerprint density at radius 3 is 2.61 bits per heavy atom. The lowest BCUT2D eigenvalue weighted by Crippen LogP contribution is -2.33. The summed E-state index contributed by atoms with van der Waals surface area (Å²) >= 11 is 15.0. The van der Waals surface area contributed by atoms with Crippen molar-refractivity contribution in [2.75, 3.05) is 10.7 Å². The summed E-state index contributed by atoms with van der Waals surface area (Å²) < 4.78 is 0. The van der Waals surface area contributed by atoms with Gasteiger partial charge >= 0.3 is 0 Å². The molecular formula is C13H12Br2ClNS. The minimum absolute atomic E-state index is 0.0149. The van der Waals surface area contributed by atoms with Crippen LogP contribution in [0.4, 0.5) is 0 Å². The molecule has 0 aliphatic heterocycles. The molecule has 5 heteroatoms. The van der Waals surface area contributed by atoms with Gasteiger partial charge in [0.25, 0.3) is 0 Å². The highest BCUT2D eigenvalue weighted by molar-refractivity contribution is 9.09. The molecule has 0 aliphatic carbocycles. The summed E-state index contributed by atoms with van der Waals surface area (Å²) in [6, 6.07) is 8.07. The van der Waals surface area contributed by atoms with E-state index in [1.807, 2.05) is 23.7 Å². The van der Waals surface area contributed by atoms with Gasteiger partial charge in [0.15, 0.2) is 0 Å². The van der Waals surface area contributed by atoms with Gasteiger partial charge in [-0.15, -0.1) is 11.3 Å². The summed E-state index contributed by atoms with van der Waals surface area (Å²) in [6.07, 6.45) is 0.896. The molecule has 0 fully saturated rings. The van der Waals surface area contributed by atoms with Crippen molar-refractivity contribution in [2.24, 2.45) is 0 Å². The van der Waals surface area contributed by atoms with Crippen molar-refractivity contribution in [3.05, 3.63) is 51.4 Å². The Bertz CT molecular complexity index is 497. The molecular weight excluding hydrogens is 397 g/mol. The van der Waals surface area contributed by atoms with E-state index < -0.39 is 0 Å². The Hall–Kier alpha value is 0.1000. The van der Waals surface area contributed by atoms with E-state index in [9.17, 15) is 0 Å². The Labute approximate surface area is 133 Å². The summed E-state index contributed by atoms with van der Waals surface area (Å²) in [7, 11) is 0. The molecule has 0 atom stereocenters. The predicted molar refractivity (Wildman–Crippen MR) is 86.5 cm³/mol. The van der Waals surface area contributed by atoms with Crippen molar-refractivity contribution < 1.29 is 0 Å². The molecule has 0 radical (unpaired) electrons. The average Bonchev–Trinajstić information content (AvgIpc) is 2.89. The molecule has 0 saturated heterocycles. The van der Waals surface area contributed by atoms with Crippen molar-refractivity contribution in [1.82, 2.24) is 4.98 Å². The van der Waals surface area contributed by atoms with Gasteiger partial charge in [-0.25, -0.2) is 4.98 Å². The molecule has 1 nitrogen and oxygen atoms in total. The number of thiazole rings is 1. The van der Waals surface area contributed by atoms with Crippen LogP contribution in [0.3, 0.4) is 0 Å². The second-order valence-corrected chi connectivity index (χ2v) is 6.49. The van der Waals surface area contributed by atoms with Crippen LogP contribution < -0.4 is 0 Å². The van der Waals surface area contributed by atoms with Crippen molar-refractivity contribution in [2.45, 2.75) is 11.8 Å². The molecule has 18 heavy (non-hydrogen) atoms. The fraction of sp³-hybridized carbons (Fsp3) is 0.308. The first kappa shape index (κ1) is 14.5. The number of rotatable bonds is 5. The Balaban J connectivity index is 2.37. The number of hydrogen-bond donors (Lipinski definition) is 0. The molecule has 96 valence electrons. The molecule has 0 amide bonds. The zero-order valence-electron chi connectivity index (χ0n) is 9.57. The molecule has 0 unspecified atom stereocenters. The van der Waals surface area contributed by atoms with Crippen molar-refractivity contribution in [3.8, 4) is 0 Å². The van der Waals surface area contributed by atoms with Gasteiger partial charge in [0.2, 0.25) is 0 Å². The third kappa shape index (κ3) is 3.16. The van der Waals surface area contributed by atoms with Crippen molar-refractivity contribution in [1.29, 1.82) is 0 Å². The smallest absolute Gasteiger partial charge is 0.0794 e. The zero-order chi connectivity index (χ0) is 13.0. The number of halogens is 3. The van der Waals surface area contributed by atoms with Gasteiger partial charge in [-0.2, -0.15) is 0 Å². The fourth-order valence-corrected chi connectivity index (χ4v) is 4.60. The van der Waals surface area contributed by atoms with Gasteiger partial charge in [-0.05, 0) is 17.7 Å². The molecule has 1 aromatic carbocycles. The van der Waals surface area contributed by atoms with E-state index in [0.717, 1.165) is 27.8 Å². The molecule has 0 saturated carbocycles. The van der Waals surface area contributed by atoms with Crippen LogP contribution in [-0.4, -0.2) is 15.6 Å². The lowest BCUT2D eigenvalue weighted by molar-refractivity contribution is 0.545. The molecule has 2 rings (SSSR count). The zero-order valence-corrected chi connectivity index (χ0v) is 14.3. The summed E-state index contributed by atoms with van der Waals surface area (Å²) in [4.78, 5) is 4.39. The van der Waals surface area contributed by atoms with Gasteiger partial charge in [-0.3, -0.25) is 0 Å². The van der Waals surface area contributed by atoms with E-state index in [1.54, 1.807) is 11.3 Å². The molecule has 2 aromatic rings. The normalized spacial score (nSPS) is 11.7. The van der Waals surface area contributed by atoms with Crippen LogP contribution >= 0.6 is 54.8 Å². The maximum absolute atomic E-state index is 6.10. The van der Waals surface area contributed by atoms with Crippen LogP contribution in [0.25, 0.3) is 0 Å². The molecule has 0 N–H and O–H groups in total. The number of aromatic nitrogens is 1. The second kappa shape index (κ2) is 6.51. The van der Waals surface area contributed by atoms with E-state index in [1.165, 1.54) is 5.56 Å². The monoisotopic (exact) mass is 407 g/mol. The van der Waals surface area contributed by atoms with Gasteiger partial charge in [0, 0.05) is 32.9 Å². The first-order valence-electron chi connectivity index (χ1n) is 5.45. The maximum Gasteiger partial charge on any atom is 0.0794 e. The van der Waals surface area contributed by atoms with E-state index in [-0.39, 0.29) is 5.41 Å². The minimum atomic E-state index is -0.0149. The van der Waals surface area contributed by atoms with E-state index in [0.29, 0.717) is 0 Å². The highest BCUT2D eigenvalue weighted by atomic mass is 79.9. The lowest BCUT2D eigenvalue weighted by atomic mass is 9.80. The van der Waals surface area contributed by atoms with Gasteiger partial charge in [0.1, 0.15) is 0 Å². The number of benzene rings is 1. The molecule has 0 bridgehead atoms. The van der Waals surface area contributed by atoms with Crippen LogP contribution in [0.2, 0.25) is 5.02 Å². The van der Waals surface area contributed by atoms with Gasteiger partial charge in [-0.1, -0.05) is 55.6 Å². The largest absolute Gasteiger partial charge is 0.250 e. The standard InChI is InChI=1S/C13H12Br2ClNS/c14-7-13(8-15,5-12-6-18-9-17-12)10-2-1-3-11(16)4-10/h1-4,6,9H,5,7-8H2. The minimum Gasteiger partial charge on any atom is -0.250 e. The van der Waals surface area contributed by atoms with Crippen LogP contribution in [0, 0.1) is 0 Å². The van der Waals surface area contributed by atoms with Gasteiger partial charge in [0.05, 0.1) is 11.2 Å². The molecule has 0 aliphatic rings. The third-order valence-corrected chi connectivity index (χ3v) is 5.97. The molecule has 1 aromatic heterocycles. The van der Waals surface area contributed by atoms with E-state index in [2.05, 4.69) is 48.3 Å². The average molecular weight is 410 g/mol. The van der Waals surface area contributed by atoms with Crippen molar-refractivity contribution >= 4 is 54.8 Å². The van der Waals surface area contributed by atoms with Crippen LogP contribution in [0.15, 0.2) is 35.2 Å². The van der Waals surface area contributed by atoms with E-state index >= 15 is 0 Å². The quantitative estimate of drug-likeness (QED) is 0.629. The number of hydrogen-bond acceptors (Lipinski definition) is 2. The summed E-state index contributed by atoms with van der Waals surface area (Å²) in [5.41, 5.74) is 4.22. The summed E-state index contributed by atoms with van der Waals surface area (Å²) in [6.45, 7) is 0. The number of nitrogens with zero attached hydrogens (tertiary/aromatic N) is 1. The SMILES string of the molecule is Clc1cccc(C(CBr)(CBr)Cc2cscn2)c1. The Kier molecular flexibility index (Phi) is 5.24.